The van der Waals surface area contributed by atoms with Crippen molar-refractivity contribution < 1.29 is 13.5 Å². The zero-order valence-electron chi connectivity index (χ0n) is 10.4. The Balaban J connectivity index is 2.15. The maximum Gasteiger partial charge on any atom is 0.165 e. The molecule has 0 aromatic heterocycles. The van der Waals surface area contributed by atoms with E-state index in [1.54, 1.807) is 18.2 Å². The minimum Gasteiger partial charge on any atom is -0.494 e. The molecule has 100 valence electrons. The van der Waals surface area contributed by atoms with Crippen molar-refractivity contribution in [3.8, 4) is 5.75 Å². The fourth-order valence-electron chi connectivity index (χ4n) is 1.87. The van der Waals surface area contributed by atoms with Crippen molar-refractivity contribution in [3.05, 3.63) is 65.2 Å². The van der Waals surface area contributed by atoms with Crippen LogP contribution in [0.1, 0.15) is 16.5 Å². The third-order valence-electron chi connectivity index (χ3n) is 2.84. The summed E-state index contributed by atoms with van der Waals surface area (Å²) in [6.45, 7) is 0. The first-order valence-corrected chi connectivity index (χ1v) is 6.25. The number of methoxy groups -OCH3 is 1. The lowest BCUT2D eigenvalue weighted by Crippen LogP contribution is -1.98. The van der Waals surface area contributed by atoms with E-state index in [9.17, 15) is 8.78 Å². The quantitative estimate of drug-likeness (QED) is 0.751. The first kappa shape index (κ1) is 13.8. The summed E-state index contributed by atoms with van der Waals surface area (Å²) in [4.78, 5) is 0. The van der Waals surface area contributed by atoms with Crippen molar-refractivity contribution in [2.75, 3.05) is 7.11 Å². The van der Waals surface area contributed by atoms with Crippen molar-refractivity contribution >= 4 is 11.6 Å². The summed E-state index contributed by atoms with van der Waals surface area (Å²) in [5.41, 5.74) is 1.42. The highest BCUT2D eigenvalue weighted by Crippen LogP contribution is 2.28. The molecule has 0 fully saturated rings. The lowest BCUT2D eigenvalue weighted by atomic mass is 10.0. The van der Waals surface area contributed by atoms with E-state index in [1.165, 1.54) is 31.4 Å². The minimum atomic E-state index is -0.454. The van der Waals surface area contributed by atoms with Gasteiger partial charge < -0.3 is 4.74 Å². The first-order chi connectivity index (χ1) is 9.10. The molecular formula is C15H13ClF2O. The largest absolute Gasteiger partial charge is 0.494 e. The molecule has 0 radical (unpaired) electrons. The molecule has 0 aliphatic heterocycles. The van der Waals surface area contributed by atoms with Crippen LogP contribution in [0.3, 0.4) is 0 Å². The van der Waals surface area contributed by atoms with Crippen LogP contribution in [0.25, 0.3) is 0 Å². The number of benzene rings is 2. The molecule has 2 aromatic rings. The summed E-state index contributed by atoms with van der Waals surface area (Å²) in [5, 5.41) is -0.415. The van der Waals surface area contributed by atoms with E-state index in [-0.39, 0.29) is 11.6 Å². The van der Waals surface area contributed by atoms with Gasteiger partial charge in [0.15, 0.2) is 11.6 Å². The Labute approximate surface area is 115 Å². The molecule has 1 nitrogen and oxygen atoms in total. The minimum absolute atomic E-state index is 0.179. The molecule has 0 saturated carbocycles. The second-order valence-corrected chi connectivity index (χ2v) is 4.72. The van der Waals surface area contributed by atoms with Crippen molar-refractivity contribution in [2.24, 2.45) is 0 Å². The Kier molecular flexibility index (Phi) is 4.38. The van der Waals surface area contributed by atoms with E-state index in [0.29, 0.717) is 12.0 Å². The summed E-state index contributed by atoms with van der Waals surface area (Å²) < 4.78 is 31.5. The number of halogens is 3. The van der Waals surface area contributed by atoms with Gasteiger partial charge in [-0.3, -0.25) is 0 Å². The molecule has 0 saturated heterocycles. The monoisotopic (exact) mass is 282 g/mol. The van der Waals surface area contributed by atoms with E-state index in [0.717, 1.165) is 5.56 Å². The van der Waals surface area contributed by atoms with Gasteiger partial charge in [0.05, 0.1) is 12.5 Å². The fourth-order valence-corrected chi connectivity index (χ4v) is 2.18. The highest BCUT2D eigenvalue weighted by molar-refractivity contribution is 6.20. The van der Waals surface area contributed by atoms with E-state index < -0.39 is 11.2 Å². The van der Waals surface area contributed by atoms with Crippen LogP contribution in [0.5, 0.6) is 5.75 Å². The summed E-state index contributed by atoms with van der Waals surface area (Å²) in [5.74, 6) is -0.578. The summed E-state index contributed by atoms with van der Waals surface area (Å²) in [7, 11) is 1.41. The van der Waals surface area contributed by atoms with Crippen molar-refractivity contribution in [1.82, 2.24) is 0 Å². The van der Waals surface area contributed by atoms with Gasteiger partial charge in [-0.2, -0.15) is 0 Å². The van der Waals surface area contributed by atoms with Crippen molar-refractivity contribution in [2.45, 2.75) is 11.8 Å². The second-order valence-electron chi connectivity index (χ2n) is 4.20. The summed E-state index contributed by atoms with van der Waals surface area (Å²) in [6, 6.07) is 10.8. The van der Waals surface area contributed by atoms with Crippen molar-refractivity contribution in [1.29, 1.82) is 0 Å². The summed E-state index contributed by atoms with van der Waals surface area (Å²) in [6.07, 6.45) is 0.436. The van der Waals surface area contributed by atoms with Crippen LogP contribution >= 0.6 is 11.6 Å². The second kappa shape index (κ2) is 6.02. The van der Waals surface area contributed by atoms with Gasteiger partial charge in [-0.15, -0.1) is 11.6 Å². The zero-order chi connectivity index (χ0) is 13.8. The molecule has 19 heavy (non-hydrogen) atoms. The topological polar surface area (TPSA) is 9.23 Å². The predicted octanol–water partition coefficient (Wildman–Crippen LogP) is 4.50. The van der Waals surface area contributed by atoms with Crippen LogP contribution in [0.4, 0.5) is 8.78 Å². The fraction of sp³-hybridized carbons (Fsp3) is 0.200. The molecular weight excluding hydrogens is 270 g/mol. The lowest BCUT2D eigenvalue weighted by molar-refractivity contribution is 0.386. The SMILES string of the molecule is COc1ccc(C(Cl)Cc2cccc(F)c2)cc1F. The number of rotatable bonds is 4. The number of hydrogen-bond donors (Lipinski definition) is 0. The Hall–Kier alpha value is -1.61. The Morgan fingerprint density at radius 3 is 2.58 bits per heavy atom. The third-order valence-corrected chi connectivity index (χ3v) is 3.25. The van der Waals surface area contributed by atoms with Crippen LogP contribution in [-0.4, -0.2) is 7.11 Å². The molecule has 2 aromatic carbocycles. The van der Waals surface area contributed by atoms with Gasteiger partial charge in [-0.25, -0.2) is 8.78 Å². The van der Waals surface area contributed by atoms with Gasteiger partial charge in [0, 0.05) is 0 Å². The van der Waals surface area contributed by atoms with Gasteiger partial charge in [0.25, 0.3) is 0 Å². The Morgan fingerprint density at radius 1 is 1.16 bits per heavy atom. The Morgan fingerprint density at radius 2 is 1.95 bits per heavy atom. The standard InChI is InChI=1S/C15H13ClF2O/c1-19-15-6-5-11(9-14(15)18)13(16)8-10-3-2-4-12(17)7-10/h2-7,9,13H,8H2,1H3. The van der Waals surface area contributed by atoms with E-state index in [4.69, 9.17) is 16.3 Å². The maximum absolute atomic E-state index is 13.6. The maximum atomic E-state index is 13.6. The smallest absolute Gasteiger partial charge is 0.165 e. The van der Waals surface area contributed by atoms with Crippen LogP contribution in [-0.2, 0) is 6.42 Å². The molecule has 0 N–H and O–H groups in total. The Bertz CT molecular complexity index is 572. The van der Waals surface area contributed by atoms with E-state index >= 15 is 0 Å². The molecule has 1 atom stereocenters. The van der Waals surface area contributed by atoms with Crippen LogP contribution in [0.2, 0.25) is 0 Å². The number of alkyl halides is 1. The molecule has 4 heteroatoms. The predicted molar refractivity (Wildman–Crippen MR) is 71.7 cm³/mol. The molecule has 0 spiro atoms. The van der Waals surface area contributed by atoms with E-state index in [2.05, 4.69) is 0 Å². The first-order valence-electron chi connectivity index (χ1n) is 5.82. The molecule has 2 rings (SSSR count). The molecule has 0 amide bonds. The summed E-state index contributed by atoms with van der Waals surface area (Å²) >= 11 is 6.23. The van der Waals surface area contributed by atoms with Gasteiger partial charge in [-0.1, -0.05) is 18.2 Å². The average Bonchev–Trinajstić information content (AvgIpc) is 2.38. The number of hydrogen-bond acceptors (Lipinski definition) is 1. The molecule has 0 bridgehead atoms. The molecule has 0 heterocycles. The van der Waals surface area contributed by atoms with Crippen LogP contribution in [0, 0.1) is 11.6 Å². The molecule has 0 aliphatic carbocycles. The van der Waals surface area contributed by atoms with Gasteiger partial charge in [0.1, 0.15) is 5.82 Å². The van der Waals surface area contributed by atoms with Gasteiger partial charge in [0.2, 0.25) is 0 Å². The third kappa shape index (κ3) is 3.44. The average molecular weight is 283 g/mol. The highest BCUT2D eigenvalue weighted by Gasteiger charge is 2.12. The molecule has 1 unspecified atom stereocenters. The van der Waals surface area contributed by atoms with Crippen LogP contribution < -0.4 is 4.74 Å². The zero-order valence-corrected chi connectivity index (χ0v) is 11.1. The lowest BCUT2D eigenvalue weighted by Gasteiger charge is -2.11. The van der Waals surface area contributed by atoms with Crippen LogP contribution in [0.15, 0.2) is 42.5 Å². The normalized spacial score (nSPS) is 12.2. The van der Waals surface area contributed by atoms with Gasteiger partial charge in [-0.05, 0) is 41.8 Å². The van der Waals surface area contributed by atoms with Crippen molar-refractivity contribution in [3.63, 3.8) is 0 Å². The molecule has 0 aliphatic rings. The number of ether oxygens (including phenoxy) is 1. The van der Waals surface area contributed by atoms with Gasteiger partial charge >= 0.3 is 0 Å². The van der Waals surface area contributed by atoms with E-state index in [1.807, 2.05) is 0 Å². The highest BCUT2D eigenvalue weighted by atomic mass is 35.5.